The van der Waals surface area contributed by atoms with Gasteiger partial charge >= 0.3 is 0 Å². The molecule has 1 heterocycles. The van der Waals surface area contributed by atoms with Crippen LogP contribution in [-0.2, 0) is 6.54 Å². The van der Waals surface area contributed by atoms with E-state index >= 15 is 0 Å². The van der Waals surface area contributed by atoms with E-state index in [2.05, 4.69) is 72.7 Å². The molecule has 5 heteroatoms. The van der Waals surface area contributed by atoms with Crippen molar-refractivity contribution in [3.63, 3.8) is 0 Å². The average Bonchev–Trinajstić information content (AvgIpc) is 2.89. The van der Waals surface area contributed by atoms with Crippen molar-refractivity contribution in [2.24, 2.45) is 10.9 Å². The van der Waals surface area contributed by atoms with Gasteiger partial charge in [0.15, 0.2) is 5.96 Å². The molecule has 130 valence electrons. The molecule has 24 heavy (non-hydrogen) atoms. The number of nitrogens with zero attached hydrogens (tertiary/aromatic N) is 3. The Morgan fingerprint density at radius 1 is 1.21 bits per heavy atom. The molecule has 1 atom stereocenters. The Morgan fingerprint density at radius 3 is 2.50 bits per heavy atom. The van der Waals surface area contributed by atoms with Crippen molar-refractivity contribution in [2.45, 2.75) is 47.2 Å². The summed E-state index contributed by atoms with van der Waals surface area (Å²) >= 11 is 0. The molecule has 0 amide bonds. The molecule has 2 aromatic rings. The summed E-state index contributed by atoms with van der Waals surface area (Å²) in [6.07, 6.45) is 0. The van der Waals surface area contributed by atoms with E-state index in [0.29, 0.717) is 18.5 Å². The molecule has 2 N–H and O–H groups in total. The number of nitrogens with one attached hydrogen (secondary N) is 2. The molecule has 2 rings (SSSR count). The van der Waals surface area contributed by atoms with E-state index in [1.165, 1.54) is 5.56 Å². The van der Waals surface area contributed by atoms with Crippen LogP contribution in [0.2, 0.25) is 0 Å². The summed E-state index contributed by atoms with van der Waals surface area (Å²) in [5.74, 6) is 1.37. The zero-order chi connectivity index (χ0) is 17.7. The Kier molecular flexibility index (Phi) is 6.01. The smallest absolute Gasteiger partial charge is 0.191 e. The molecule has 0 aliphatic rings. The summed E-state index contributed by atoms with van der Waals surface area (Å²) in [7, 11) is 1.80. The van der Waals surface area contributed by atoms with Crippen LogP contribution in [0.5, 0.6) is 0 Å². The van der Waals surface area contributed by atoms with Crippen LogP contribution < -0.4 is 10.6 Å². The normalized spacial score (nSPS) is 13.2. The number of hydrogen-bond donors (Lipinski definition) is 2. The second-order valence-corrected chi connectivity index (χ2v) is 6.57. The molecule has 1 aromatic carbocycles. The van der Waals surface area contributed by atoms with Crippen LogP contribution in [-0.4, -0.2) is 28.8 Å². The molecular formula is C19H29N5. The maximum atomic E-state index is 4.60. The summed E-state index contributed by atoms with van der Waals surface area (Å²) < 4.78 is 2.00. The van der Waals surface area contributed by atoms with Crippen molar-refractivity contribution < 1.29 is 0 Å². The predicted octanol–water partition coefficient (Wildman–Crippen LogP) is 3.20. The van der Waals surface area contributed by atoms with E-state index in [1.807, 2.05) is 17.7 Å². The second-order valence-electron chi connectivity index (χ2n) is 6.57. The number of aryl methyl sites for hydroxylation is 2. The first-order valence-corrected chi connectivity index (χ1v) is 8.51. The minimum Gasteiger partial charge on any atom is -0.354 e. The van der Waals surface area contributed by atoms with Crippen LogP contribution in [0.1, 0.15) is 37.7 Å². The molecule has 0 bridgehead atoms. The van der Waals surface area contributed by atoms with Crippen molar-refractivity contribution in [2.75, 3.05) is 7.05 Å². The Bertz CT molecular complexity index is 700. The lowest BCUT2D eigenvalue weighted by atomic mass is 10.1. The molecule has 0 fully saturated rings. The fourth-order valence-electron chi connectivity index (χ4n) is 2.50. The lowest BCUT2D eigenvalue weighted by Crippen LogP contribution is -2.44. The molecule has 0 saturated carbocycles. The SMILES string of the molecule is CN=C(NCc1ccccc1-n1nc(C)cc1C)NC(C)C(C)C. The molecule has 0 radical (unpaired) electrons. The van der Waals surface area contributed by atoms with Crippen molar-refractivity contribution in [3.8, 4) is 5.69 Å². The molecule has 0 spiro atoms. The van der Waals surface area contributed by atoms with Gasteiger partial charge in [0.25, 0.3) is 0 Å². The summed E-state index contributed by atoms with van der Waals surface area (Å²) in [6.45, 7) is 11.4. The van der Waals surface area contributed by atoms with E-state index in [0.717, 1.165) is 23.0 Å². The number of para-hydroxylation sites is 1. The number of guanidine groups is 1. The minimum atomic E-state index is 0.363. The summed E-state index contributed by atoms with van der Waals surface area (Å²) in [4.78, 5) is 4.32. The molecule has 5 nitrogen and oxygen atoms in total. The van der Waals surface area contributed by atoms with E-state index < -0.39 is 0 Å². The Morgan fingerprint density at radius 2 is 1.92 bits per heavy atom. The fourth-order valence-corrected chi connectivity index (χ4v) is 2.50. The zero-order valence-electron chi connectivity index (χ0n) is 15.6. The van der Waals surface area contributed by atoms with Gasteiger partial charge in [0, 0.05) is 25.3 Å². The lowest BCUT2D eigenvalue weighted by Gasteiger charge is -2.21. The third kappa shape index (κ3) is 4.37. The lowest BCUT2D eigenvalue weighted by molar-refractivity contribution is 0.481. The maximum Gasteiger partial charge on any atom is 0.191 e. The van der Waals surface area contributed by atoms with Crippen LogP contribution in [0.25, 0.3) is 5.69 Å². The van der Waals surface area contributed by atoms with Crippen LogP contribution in [0, 0.1) is 19.8 Å². The molecular weight excluding hydrogens is 298 g/mol. The van der Waals surface area contributed by atoms with Gasteiger partial charge in [0.2, 0.25) is 0 Å². The van der Waals surface area contributed by atoms with Gasteiger partial charge in [-0.25, -0.2) is 4.68 Å². The molecule has 0 saturated heterocycles. The third-order valence-electron chi connectivity index (χ3n) is 4.26. The highest BCUT2D eigenvalue weighted by molar-refractivity contribution is 5.80. The van der Waals surface area contributed by atoms with Crippen molar-refractivity contribution in [1.29, 1.82) is 0 Å². The van der Waals surface area contributed by atoms with Gasteiger partial charge in [0.05, 0.1) is 11.4 Å². The largest absolute Gasteiger partial charge is 0.354 e. The first kappa shape index (κ1) is 18.0. The molecule has 1 unspecified atom stereocenters. The Labute approximate surface area is 145 Å². The Balaban J connectivity index is 2.15. The van der Waals surface area contributed by atoms with Crippen LogP contribution in [0.4, 0.5) is 0 Å². The highest BCUT2D eigenvalue weighted by Crippen LogP contribution is 2.16. The number of hydrogen-bond acceptors (Lipinski definition) is 2. The van der Waals surface area contributed by atoms with Gasteiger partial charge in [-0.3, -0.25) is 4.99 Å². The topological polar surface area (TPSA) is 54.2 Å². The van der Waals surface area contributed by atoms with E-state index in [9.17, 15) is 0 Å². The van der Waals surface area contributed by atoms with Crippen LogP contribution in [0.3, 0.4) is 0 Å². The van der Waals surface area contributed by atoms with E-state index in [4.69, 9.17) is 0 Å². The van der Waals surface area contributed by atoms with Gasteiger partial charge in [-0.15, -0.1) is 0 Å². The third-order valence-corrected chi connectivity index (χ3v) is 4.26. The van der Waals surface area contributed by atoms with Crippen molar-refractivity contribution in [1.82, 2.24) is 20.4 Å². The predicted molar refractivity (Wildman–Crippen MR) is 101 cm³/mol. The van der Waals surface area contributed by atoms with Gasteiger partial charge in [0.1, 0.15) is 0 Å². The summed E-state index contributed by atoms with van der Waals surface area (Å²) in [5, 5.41) is 11.4. The second kappa shape index (κ2) is 7.99. The van der Waals surface area contributed by atoms with Gasteiger partial charge < -0.3 is 10.6 Å². The average molecular weight is 327 g/mol. The fraction of sp³-hybridized carbons (Fsp3) is 0.474. The number of benzene rings is 1. The monoisotopic (exact) mass is 327 g/mol. The zero-order valence-corrected chi connectivity index (χ0v) is 15.6. The minimum absolute atomic E-state index is 0.363. The maximum absolute atomic E-state index is 4.60. The molecule has 0 aliphatic carbocycles. The summed E-state index contributed by atoms with van der Waals surface area (Å²) in [5.41, 5.74) is 4.45. The molecule has 1 aromatic heterocycles. The highest BCUT2D eigenvalue weighted by Gasteiger charge is 2.11. The molecule has 0 aliphatic heterocycles. The van der Waals surface area contributed by atoms with Crippen LogP contribution in [0.15, 0.2) is 35.3 Å². The van der Waals surface area contributed by atoms with E-state index in [1.54, 1.807) is 7.05 Å². The Hall–Kier alpha value is -2.30. The van der Waals surface area contributed by atoms with E-state index in [-0.39, 0.29) is 0 Å². The van der Waals surface area contributed by atoms with Crippen molar-refractivity contribution >= 4 is 5.96 Å². The number of aromatic nitrogens is 2. The first-order chi connectivity index (χ1) is 11.4. The quantitative estimate of drug-likeness (QED) is 0.655. The summed E-state index contributed by atoms with van der Waals surface area (Å²) in [6, 6.07) is 10.8. The van der Waals surface area contributed by atoms with Crippen LogP contribution >= 0.6 is 0 Å². The van der Waals surface area contributed by atoms with Gasteiger partial charge in [-0.05, 0) is 44.4 Å². The standard InChI is InChI=1S/C19H29N5/c1-13(2)16(5)22-19(20-6)21-12-17-9-7-8-10-18(17)24-15(4)11-14(3)23-24/h7-11,13,16H,12H2,1-6H3,(H2,20,21,22). The number of aliphatic imine (C=N–C) groups is 1. The van der Waals surface area contributed by atoms with Crippen molar-refractivity contribution in [3.05, 3.63) is 47.3 Å². The highest BCUT2D eigenvalue weighted by atomic mass is 15.3. The van der Waals surface area contributed by atoms with Gasteiger partial charge in [-0.1, -0.05) is 32.0 Å². The first-order valence-electron chi connectivity index (χ1n) is 8.51. The number of rotatable bonds is 5. The van der Waals surface area contributed by atoms with Gasteiger partial charge in [-0.2, -0.15) is 5.10 Å².